The van der Waals surface area contributed by atoms with Crippen molar-refractivity contribution in [3.8, 4) is 0 Å². The fraction of sp³-hybridized carbons (Fsp3) is 0.588. The van der Waals surface area contributed by atoms with Crippen LogP contribution in [-0.4, -0.2) is 56.4 Å². The van der Waals surface area contributed by atoms with Crippen molar-refractivity contribution in [2.24, 2.45) is 0 Å². The van der Waals surface area contributed by atoms with Crippen LogP contribution >= 0.6 is 0 Å². The average Bonchev–Trinajstić information content (AvgIpc) is 2.52. The van der Waals surface area contributed by atoms with Crippen LogP contribution in [0.2, 0.25) is 0 Å². The quantitative estimate of drug-likeness (QED) is 0.768. The number of nitrogens with one attached hydrogen (secondary N) is 2. The molecule has 0 aliphatic heterocycles. The monoisotopic (exact) mass is 352 g/mol. The largest absolute Gasteiger partial charge is 0.444 e. The van der Waals surface area contributed by atoms with E-state index in [-0.39, 0.29) is 12.5 Å². The molecule has 25 heavy (non-hydrogen) atoms. The van der Waals surface area contributed by atoms with Crippen LogP contribution in [0.15, 0.2) is 18.3 Å². The number of rotatable bonds is 7. The number of aromatic nitrogens is 1. The highest BCUT2D eigenvalue weighted by atomic mass is 16.6. The molecule has 8 nitrogen and oxygen atoms in total. The number of amides is 2. The Morgan fingerprint density at radius 2 is 1.92 bits per heavy atom. The molecule has 0 bridgehead atoms. The van der Waals surface area contributed by atoms with Crippen molar-refractivity contribution >= 4 is 17.8 Å². The Hall–Kier alpha value is -2.35. The number of pyridine rings is 1. The van der Waals surface area contributed by atoms with Gasteiger partial charge >= 0.3 is 6.09 Å². The summed E-state index contributed by atoms with van der Waals surface area (Å²) < 4.78 is 10.2. The molecule has 0 spiro atoms. The Morgan fingerprint density at radius 3 is 2.40 bits per heavy atom. The number of nitrogens with zero attached hydrogens (tertiary/aromatic N) is 2. The molecule has 0 fully saturated rings. The minimum atomic E-state index is -0.804. The van der Waals surface area contributed by atoms with Crippen LogP contribution in [0.3, 0.4) is 0 Å². The molecule has 1 atom stereocenters. The molecular formula is C17H28N4O4. The molecule has 0 unspecified atom stereocenters. The summed E-state index contributed by atoms with van der Waals surface area (Å²) in [7, 11) is 5.23. The fourth-order valence-electron chi connectivity index (χ4n) is 1.86. The number of carbonyl (C=O) groups excluding carboxylic acids is 2. The zero-order chi connectivity index (χ0) is 19.0. The Kier molecular flexibility index (Phi) is 7.63. The Bertz CT molecular complexity index is 567. The lowest BCUT2D eigenvalue weighted by Gasteiger charge is -2.21. The van der Waals surface area contributed by atoms with Crippen molar-refractivity contribution in [2.75, 3.05) is 32.6 Å². The van der Waals surface area contributed by atoms with Crippen LogP contribution in [0.5, 0.6) is 0 Å². The normalized spacial score (nSPS) is 12.2. The van der Waals surface area contributed by atoms with E-state index in [9.17, 15) is 9.59 Å². The molecule has 1 rings (SSSR count). The summed E-state index contributed by atoms with van der Waals surface area (Å²) in [6.45, 7) is 5.65. The molecule has 0 radical (unpaired) electrons. The second-order valence-electron chi connectivity index (χ2n) is 6.74. The standard InChI is InChI=1S/C17H28N4O4/c1-17(2,3)25-16(23)20-11-13(24-6)15(22)19-10-12-7-8-14(18-9-12)21(4)5/h7-9,13H,10-11H2,1-6H3,(H,19,22)(H,20,23)/t13-/m1/s1. The molecule has 0 aliphatic rings. The van der Waals surface area contributed by atoms with E-state index in [4.69, 9.17) is 9.47 Å². The number of hydrogen-bond donors (Lipinski definition) is 2. The third-order valence-corrected chi connectivity index (χ3v) is 3.14. The van der Waals surface area contributed by atoms with Crippen molar-refractivity contribution < 1.29 is 19.1 Å². The molecule has 0 saturated carbocycles. The van der Waals surface area contributed by atoms with Gasteiger partial charge in [0.2, 0.25) is 0 Å². The zero-order valence-electron chi connectivity index (χ0n) is 15.8. The van der Waals surface area contributed by atoms with Gasteiger partial charge in [-0.3, -0.25) is 4.79 Å². The fourth-order valence-corrected chi connectivity index (χ4v) is 1.86. The summed E-state index contributed by atoms with van der Waals surface area (Å²) in [5, 5.41) is 5.29. The van der Waals surface area contributed by atoms with Gasteiger partial charge in [-0.2, -0.15) is 0 Å². The molecule has 2 amide bonds. The van der Waals surface area contributed by atoms with Gasteiger partial charge in [0.05, 0.1) is 6.54 Å². The van der Waals surface area contributed by atoms with Crippen LogP contribution < -0.4 is 15.5 Å². The van der Waals surface area contributed by atoms with Crippen molar-refractivity contribution in [1.29, 1.82) is 0 Å². The first kappa shape index (κ1) is 20.7. The summed E-state index contributed by atoms with van der Waals surface area (Å²) in [4.78, 5) is 30.0. The third kappa shape index (κ3) is 7.84. The highest BCUT2D eigenvalue weighted by Gasteiger charge is 2.21. The summed E-state index contributed by atoms with van der Waals surface area (Å²) in [6.07, 6.45) is 0.309. The van der Waals surface area contributed by atoms with Gasteiger partial charge in [-0.1, -0.05) is 6.07 Å². The molecule has 0 aliphatic carbocycles. The summed E-state index contributed by atoms with van der Waals surface area (Å²) in [5.41, 5.74) is 0.273. The van der Waals surface area contributed by atoms with Crippen LogP contribution in [0, 0.1) is 0 Å². The minimum Gasteiger partial charge on any atom is -0.444 e. The summed E-state index contributed by atoms with van der Waals surface area (Å²) in [6, 6.07) is 3.77. The smallest absolute Gasteiger partial charge is 0.407 e. The van der Waals surface area contributed by atoms with Crippen molar-refractivity contribution in [3.05, 3.63) is 23.9 Å². The van der Waals surface area contributed by atoms with Crippen LogP contribution in [0.1, 0.15) is 26.3 Å². The number of methoxy groups -OCH3 is 1. The van der Waals surface area contributed by atoms with E-state index in [1.165, 1.54) is 7.11 Å². The van der Waals surface area contributed by atoms with E-state index < -0.39 is 17.8 Å². The first-order valence-electron chi connectivity index (χ1n) is 8.02. The van der Waals surface area contributed by atoms with E-state index >= 15 is 0 Å². The first-order chi connectivity index (χ1) is 11.6. The Balaban J connectivity index is 2.46. The van der Waals surface area contributed by atoms with Gasteiger partial charge < -0.3 is 25.0 Å². The number of carbonyl (C=O) groups is 2. The van der Waals surface area contributed by atoms with E-state index in [1.807, 2.05) is 31.1 Å². The van der Waals surface area contributed by atoms with Crippen molar-refractivity contribution in [1.82, 2.24) is 15.6 Å². The highest BCUT2D eigenvalue weighted by molar-refractivity contribution is 5.81. The van der Waals surface area contributed by atoms with Gasteiger partial charge in [-0.05, 0) is 32.4 Å². The van der Waals surface area contributed by atoms with E-state index in [0.717, 1.165) is 11.4 Å². The van der Waals surface area contributed by atoms with Crippen LogP contribution in [-0.2, 0) is 20.8 Å². The molecule has 1 aromatic heterocycles. The average molecular weight is 352 g/mol. The number of alkyl carbamates (subject to hydrolysis) is 1. The van der Waals surface area contributed by atoms with Gasteiger partial charge in [-0.25, -0.2) is 9.78 Å². The zero-order valence-corrected chi connectivity index (χ0v) is 15.8. The second-order valence-corrected chi connectivity index (χ2v) is 6.74. The van der Waals surface area contributed by atoms with Gasteiger partial charge in [0.15, 0.2) is 6.10 Å². The topological polar surface area (TPSA) is 92.8 Å². The molecule has 1 aromatic rings. The number of ether oxygens (including phenoxy) is 2. The van der Waals surface area contributed by atoms with Crippen LogP contribution in [0.25, 0.3) is 0 Å². The number of anilines is 1. The minimum absolute atomic E-state index is 0.0229. The van der Waals surface area contributed by atoms with Gasteiger partial charge in [0.25, 0.3) is 5.91 Å². The maximum atomic E-state index is 12.2. The number of hydrogen-bond acceptors (Lipinski definition) is 6. The van der Waals surface area contributed by atoms with Crippen molar-refractivity contribution in [2.45, 2.75) is 39.0 Å². The van der Waals surface area contributed by atoms with E-state index in [0.29, 0.717) is 6.54 Å². The molecule has 0 saturated heterocycles. The maximum absolute atomic E-state index is 12.2. The lowest BCUT2D eigenvalue weighted by molar-refractivity contribution is -0.130. The molecule has 1 heterocycles. The van der Waals surface area contributed by atoms with Gasteiger partial charge in [0, 0.05) is 33.9 Å². The molecule has 8 heteroatoms. The highest BCUT2D eigenvalue weighted by Crippen LogP contribution is 2.08. The lowest BCUT2D eigenvalue weighted by atomic mass is 10.2. The van der Waals surface area contributed by atoms with Gasteiger partial charge in [0.1, 0.15) is 11.4 Å². The second kappa shape index (κ2) is 9.22. The molecule has 2 N–H and O–H groups in total. The summed E-state index contributed by atoms with van der Waals surface area (Å²) >= 11 is 0. The van der Waals surface area contributed by atoms with E-state index in [1.54, 1.807) is 27.0 Å². The first-order valence-corrected chi connectivity index (χ1v) is 8.02. The Labute approximate surface area is 148 Å². The SMILES string of the molecule is CO[C@H](CNC(=O)OC(C)(C)C)C(=O)NCc1ccc(N(C)C)nc1. The Morgan fingerprint density at radius 1 is 1.24 bits per heavy atom. The predicted octanol–water partition coefficient (Wildman–Crippen LogP) is 1.30. The molecule has 0 aromatic carbocycles. The van der Waals surface area contributed by atoms with E-state index in [2.05, 4.69) is 15.6 Å². The van der Waals surface area contributed by atoms with Gasteiger partial charge in [-0.15, -0.1) is 0 Å². The molecule has 140 valence electrons. The predicted molar refractivity (Wildman–Crippen MR) is 95.4 cm³/mol. The third-order valence-electron chi connectivity index (χ3n) is 3.14. The molecular weight excluding hydrogens is 324 g/mol. The van der Waals surface area contributed by atoms with Crippen LogP contribution in [0.4, 0.5) is 10.6 Å². The summed E-state index contributed by atoms with van der Waals surface area (Å²) in [5.74, 6) is 0.515. The maximum Gasteiger partial charge on any atom is 0.407 e. The lowest BCUT2D eigenvalue weighted by Crippen LogP contribution is -2.44. The van der Waals surface area contributed by atoms with Crippen molar-refractivity contribution in [3.63, 3.8) is 0 Å².